The van der Waals surface area contributed by atoms with Crippen molar-refractivity contribution in [1.82, 2.24) is 15.1 Å². The number of amides is 1. The lowest BCUT2D eigenvalue weighted by atomic mass is 9.88. The van der Waals surface area contributed by atoms with E-state index in [1.54, 1.807) is 12.4 Å². The van der Waals surface area contributed by atoms with Crippen molar-refractivity contribution in [2.75, 3.05) is 13.1 Å². The number of piperidine rings is 1. The number of carbonyl (C=O) groups is 1. The van der Waals surface area contributed by atoms with Gasteiger partial charge in [0.25, 0.3) is 5.91 Å². The zero-order chi connectivity index (χ0) is 14.7. The lowest BCUT2D eigenvalue weighted by Gasteiger charge is -2.32. The van der Waals surface area contributed by atoms with Crippen LogP contribution in [0.1, 0.15) is 40.2 Å². The summed E-state index contributed by atoms with van der Waals surface area (Å²) in [5, 5.41) is 6.52. The number of aromatic nitrogens is 2. The second-order valence-electron chi connectivity index (χ2n) is 5.50. The standard InChI is InChI=1S/C16H20N4O/c17-9-12-2-1-3-14(8-12)13-4-6-20(7-5-13)16(21)15-10-18-19-11-15/h1-3,8,10-11,13H,4-7,9,17H2,(H,18,19). The predicted molar refractivity (Wildman–Crippen MR) is 80.8 cm³/mol. The maximum Gasteiger partial charge on any atom is 0.257 e. The predicted octanol–water partition coefficient (Wildman–Crippen LogP) is 1.89. The van der Waals surface area contributed by atoms with Gasteiger partial charge in [0.1, 0.15) is 0 Å². The van der Waals surface area contributed by atoms with Gasteiger partial charge in [-0.2, -0.15) is 5.10 Å². The summed E-state index contributed by atoms with van der Waals surface area (Å²) in [5.41, 5.74) is 8.85. The van der Waals surface area contributed by atoms with Gasteiger partial charge in [0.05, 0.1) is 11.8 Å². The fraction of sp³-hybridized carbons (Fsp3) is 0.375. The van der Waals surface area contributed by atoms with Gasteiger partial charge in [-0.3, -0.25) is 9.89 Å². The summed E-state index contributed by atoms with van der Waals surface area (Å²) in [5.74, 6) is 0.586. The van der Waals surface area contributed by atoms with Crippen LogP contribution in [0.15, 0.2) is 36.7 Å². The fourth-order valence-electron chi connectivity index (χ4n) is 2.94. The highest BCUT2D eigenvalue weighted by Gasteiger charge is 2.24. The monoisotopic (exact) mass is 284 g/mol. The highest BCUT2D eigenvalue weighted by Crippen LogP contribution is 2.29. The molecule has 5 nitrogen and oxygen atoms in total. The van der Waals surface area contributed by atoms with Crippen LogP contribution in [0.2, 0.25) is 0 Å². The molecule has 0 saturated carbocycles. The van der Waals surface area contributed by atoms with Crippen LogP contribution >= 0.6 is 0 Å². The van der Waals surface area contributed by atoms with Crippen molar-refractivity contribution in [3.05, 3.63) is 53.3 Å². The molecule has 0 bridgehead atoms. The summed E-state index contributed by atoms with van der Waals surface area (Å²) in [6.07, 6.45) is 5.23. The van der Waals surface area contributed by atoms with Crippen molar-refractivity contribution in [1.29, 1.82) is 0 Å². The number of likely N-dealkylation sites (tertiary alicyclic amines) is 1. The maximum atomic E-state index is 12.3. The molecule has 0 unspecified atom stereocenters. The first-order valence-corrected chi connectivity index (χ1v) is 7.35. The maximum absolute atomic E-state index is 12.3. The lowest BCUT2D eigenvalue weighted by Crippen LogP contribution is -2.37. The van der Waals surface area contributed by atoms with Crippen molar-refractivity contribution in [3.8, 4) is 0 Å². The average molecular weight is 284 g/mol. The van der Waals surface area contributed by atoms with E-state index in [4.69, 9.17) is 5.73 Å². The minimum atomic E-state index is 0.0675. The molecule has 1 saturated heterocycles. The molecule has 3 rings (SSSR count). The van der Waals surface area contributed by atoms with Gasteiger partial charge in [-0.15, -0.1) is 0 Å². The third-order valence-electron chi connectivity index (χ3n) is 4.19. The summed E-state index contributed by atoms with van der Waals surface area (Å²) in [7, 11) is 0. The molecular formula is C16H20N4O. The summed E-state index contributed by atoms with van der Waals surface area (Å²) in [6.45, 7) is 2.16. The molecule has 2 heterocycles. The van der Waals surface area contributed by atoms with Gasteiger partial charge in [-0.05, 0) is 29.9 Å². The second-order valence-corrected chi connectivity index (χ2v) is 5.50. The molecule has 1 aliphatic heterocycles. The number of hydrogen-bond donors (Lipinski definition) is 2. The van der Waals surface area contributed by atoms with Crippen LogP contribution in [0.25, 0.3) is 0 Å². The first-order chi connectivity index (χ1) is 10.3. The van der Waals surface area contributed by atoms with Crippen LogP contribution in [-0.2, 0) is 6.54 Å². The van der Waals surface area contributed by atoms with Crippen LogP contribution < -0.4 is 5.73 Å². The molecule has 110 valence electrons. The van der Waals surface area contributed by atoms with Gasteiger partial charge in [-0.25, -0.2) is 0 Å². The van der Waals surface area contributed by atoms with Gasteiger partial charge < -0.3 is 10.6 Å². The normalized spacial score (nSPS) is 16.1. The van der Waals surface area contributed by atoms with Crippen LogP contribution in [0, 0.1) is 0 Å². The molecule has 0 atom stereocenters. The molecule has 2 aromatic rings. The number of nitrogens with two attached hydrogens (primary N) is 1. The number of nitrogens with one attached hydrogen (secondary N) is 1. The quantitative estimate of drug-likeness (QED) is 0.903. The molecule has 0 aliphatic carbocycles. The van der Waals surface area contributed by atoms with Gasteiger partial charge >= 0.3 is 0 Å². The number of rotatable bonds is 3. The van der Waals surface area contributed by atoms with E-state index >= 15 is 0 Å². The molecular weight excluding hydrogens is 264 g/mol. The Morgan fingerprint density at radius 2 is 2.19 bits per heavy atom. The fourth-order valence-corrected chi connectivity index (χ4v) is 2.94. The minimum absolute atomic E-state index is 0.0675. The number of benzene rings is 1. The molecule has 1 aromatic carbocycles. The van der Waals surface area contributed by atoms with Crippen LogP contribution in [0.3, 0.4) is 0 Å². The summed E-state index contributed by atoms with van der Waals surface area (Å²) < 4.78 is 0. The first-order valence-electron chi connectivity index (χ1n) is 7.35. The van der Waals surface area contributed by atoms with Crippen molar-refractivity contribution < 1.29 is 4.79 Å². The van der Waals surface area contributed by atoms with E-state index in [0.29, 0.717) is 18.0 Å². The lowest BCUT2D eigenvalue weighted by molar-refractivity contribution is 0.0713. The van der Waals surface area contributed by atoms with Gasteiger partial charge in [0.2, 0.25) is 0 Å². The van der Waals surface area contributed by atoms with Crippen LogP contribution in [0.4, 0.5) is 0 Å². The van der Waals surface area contributed by atoms with E-state index in [-0.39, 0.29) is 5.91 Å². The van der Waals surface area contributed by atoms with Gasteiger partial charge in [0.15, 0.2) is 0 Å². The third-order valence-corrected chi connectivity index (χ3v) is 4.19. The molecule has 1 aromatic heterocycles. The zero-order valence-electron chi connectivity index (χ0n) is 12.0. The van der Waals surface area contributed by atoms with Crippen molar-refractivity contribution in [2.45, 2.75) is 25.3 Å². The van der Waals surface area contributed by atoms with Crippen LogP contribution in [-0.4, -0.2) is 34.1 Å². The number of aromatic amines is 1. The Bertz CT molecular complexity index is 600. The SMILES string of the molecule is NCc1cccc(C2CCN(C(=O)c3cn[nH]c3)CC2)c1. The summed E-state index contributed by atoms with van der Waals surface area (Å²) in [6, 6.07) is 8.48. The molecule has 1 aliphatic rings. The van der Waals surface area contributed by atoms with Crippen LogP contribution in [0.5, 0.6) is 0 Å². The number of H-pyrrole nitrogens is 1. The number of hydrogen-bond acceptors (Lipinski definition) is 3. The molecule has 5 heteroatoms. The topological polar surface area (TPSA) is 75.0 Å². The van der Waals surface area contributed by atoms with Gasteiger partial charge in [-0.1, -0.05) is 24.3 Å². The smallest absolute Gasteiger partial charge is 0.257 e. The number of nitrogens with zero attached hydrogens (tertiary/aromatic N) is 2. The molecule has 1 fully saturated rings. The Kier molecular flexibility index (Phi) is 4.01. The zero-order valence-corrected chi connectivity index (χ0v) is 12.0. The van der Waals surface area contributed by atoms with Crippen molar-refractivity contribution >= 4 is 5.91 Å². The summed E-state index contributed by atoms with van der Waals surface area (Å²) >= 11 is 0. The third kappa shape index (κ3) is 2.97. The minimum Gasteiger partial charge on any atom is -0.339 e. The molecule has 0 radical (unpaired) electrons. The van der Waals surface area contributed by atoms with E-state index < -0.39 is 0 Å². The highest BCUT2D eigenvalue weighted by atomic mass is 16.2. The Morgan fingerprint density at radius 1 is 1.38 bits per heavy atom. The molecule has 21 heavy (non-hydrogen) atoms. The van der Waals surface area contributed by atoms with Crippen molar-refractivity contribution in [2.24, 2.45) is 5.73 Å². The van der Waals surface area contributed by atoms with E-state index in [0.717, 1.165) is 25.9 Å². The molecule has 0 spiro atoms. The van der Waals surface area contributed by atoms with E-state index in [9.17, 15) is 4.79 Å². The Balaban J connectivity index is 1.63. The van der Waals surface area contributed by atoms with E-state index in [2.05, 4.69) is 34.5 Å². The average Bonchev–Trinajstić information content (AvgIpc) is 3.09. The second kappa shape index (κ2) is 6.10. The largest absolute Gasteiger partial charge is 0.339 e. The summed E-state index contributed by atoms with van der Waals surface area (Å²) in [4.78, 5) is 14.2. The first kappa shape index (κ1) is 13.8. The molecule has 3 N–H and O–H groups in total. The van der Waals surface area contributed by atoms with E-state index in [1.807, 2.05) is 4.90 Å². The highest BCUT2D eigenvalue weighted by molar-refractivity contribution is 5.93. The Labute approximate surface area is 124 Å². The van der Waals surface area contributed by atoms with E-state index in [1.165, 1.54) is 11.1 Å². The molecule has 1 amide bonds. The Hall–Kier alpha value is -2.14. The van der Waals surface area contributed by atoms with Crippen molar-refractivity contribution in [3.63, 3.8) is 0 Å². The Morgan fingerprint density at radius 3 is 2.86 bits per heavy atom. The van der Waals surface area contributed by atoms with Gasteiger partial charge in [0, 0.05) is 25.8 Å². The number of carbonyl (C=O) groups excluding carboxylic acids is 1.